The molecule has 0 bridgehead atoms. The first kappa shape index (κ1) is 49.4. The number of unbranched alkanes of at least 4 members (excludes halogenated alkanes) is 27. The first-order chi connectivity index (χ1) is 24.9. The van der Waals surface area contributed by atoms with E-state index in [9.17, 15) is 14.4 Å². The largest absolute Gasteiger partial charge is 0.462 e. The van der Waals surface area contributed by atoms with Gasteiger partial charge in [0, 0.05) is 19.3 Å². The number of rotatable bonds is 40. The zero-order chi connectivity index (χ0) is 37.5. The number of ether oxygens (including phenoxy) is 3. The molecule has 0 saturated carbocycles. The molecule has 0 aliphatic carbocycles. The molecule has 0 aromatic heterocycles. The Morgan fingerprint density at radius 1 is 0.373 bits per heavy atom. The summed E-state index contributed by atoms with van der Waals surface area (Å²) in [7, 11) is 0. The number of carbonyl (C=O) groups is 3. The van der Waals surface area contributed by atoms with Gasteiger partial charge < -0.3 is 14.2 Å². The van der Waals surface area contributed by atoms with Crippen molar-refractivity contribution in [3.05, 3.63) is 0 Å². The van der Waals surface area contributed by atoms with Crippen molar-refractivity contribution in [1.82, 2.24) is 0 Å². The van der Waals surface area contributed by atoms with Crippen LogP contribution < -0.4 is 0 Å². The average Bonchev–Trinajstić information content (AvgIpc) is 3.11. The second kappa shape index (κ2) is 39.6. The molecule has 0 unspecified atom stereocenters. The van der Waals surface area contributed by atoms with E-state index in [1.807, 2.05) is 0 Å². The van der Waals surface area contributed by atoms with Gasteiger partial charge in [0.15, 0.2) is 6.10 Å². The smallest absolute Gasteiger partial charge is 0.306 e. The van der Waals surface area contributed by atoms with Crippen LogP contribution in [-0.2, 0) is 28.6 Å². The second-order valence-electron chi connectivity index (χ2n) is 15.8. The fraction of sp³-hybridized carbons (Fsp3) is 0.933. The Balaban J connectivity index is 4.29. The molecule has 0 heterocycles. The van der Waals surface area contributed by atoms with Gasteiger partial charge in [-0.2, -0.15) is 0 Å². The van der Waals surface area contributed by atoms with Crippen molar-refractivity contribution in [3.8, 4) is 0 Å². The van der Waals surface area contributed by atoms with Crippen molar-refractivity contribution in [3.63, 3.8) is 0 Å². The standard InChI is InChI=1S/C45H86O6/c1-5-7-9-11-13-15-21-26-30-34-38-45(48)51-42(39-49-43(46)36-32-28-24-19-14-12-10-8-6-2)40-50-44(47)37-33-29-25-22-18-16-17-20-23-27-31-35-41(3)4/h41-42H,5-40H2,1-4H3/t42-/m0/s1. The summed E-state index contributed by atoms with van der Waals surface area (Å²) in [5, 5.41) is 0. The number of hydrogen-bond acceptors (Lipinski definition) is 6. The molecule has 0 spiro atoms. The molecule has 0 saturated heterocycles. The lowest BCUT2D eigenvalue weighted by Crippen LogP contribution is -2.30. The third-order valence-corrected chi connectivity index (χ3v) is 10.0. The monoisotopic (exact) mass is 723 g/mol. The zero-order valence-corrected chi connectivity index (χ0v) is 34.6. The van der Waals surface area contributed by atoms with Crippen LogP contribution in [-0.4, -0.2) is 37.2 Å². The van der Waals surface area contributed by atoms with Crippen molar-refractivity contribution in [1.29, 1.82) is 0 Å². The zero-order valence-electron chi connectivity index (χ0n) is 34.6. The molecular formula is C45H86O6. The van der Waals surface area contributed by atoms with Gasteiger partial charge in [-0.1, -0.05) is 207 Å². The molecule has 0 radical (unpaired) electrons. The summed E-state index contributed by atoms with van der Waals surface area (Å²) in [6.07, 6.45) is 38.0. The summed E-state index contributed by atoms with van der Waals surface area (Å²) < 4.78 is 16.7. The Bertz CT molecular complexity index is 766. The van der Waals surface area contributed by atoms with E-state index in [2.05, 4.69) is 27.7 Å². The second-order valence-corrected chi connectivity index (χ2v) is 15.8. The SMILES string of the molecule is CCCCCCCCCCCCC(=O)O[C@@H](COC(=O)CCCCCCCCCCC)COC(=O)CCCCCCCCCCCCCC(C)C. The van der Waals surface area contributed by atoms with Crippen LogP contribution in [0.4, 0.5) is 0 Å². The topological polar surface area (TPSA) is 78.9 Å². The molecule has 0 aromatic rings. The van der Waals surface area contributed by atoms with E-state index in [0.717, 1.165) is 63.7 Å². The summed E-state index contributed by atoms with van der Waals surface area (Å²) in [4.78, 5) is 37.6. The van der Waals surface area contributed by atoms with Gasteiger partial charge in [-0.15, -0.1) is 0 Å². The Labute approximate surface area is 317 Å². The molecule has 302 valence electrons. The van der Waals surface area contributed by atoms with Crippen LogP contribution in [0.1, 0.15) is 246 Å². The van der Waals surface area contributed by atoms with Crippen molar-refractivity contribution in [2.45, 2.75) is 252 Å². The van der Waals surface area contributed by atoms with Gasteiger partial charge in [0.05, 0.1) is 0 Å². The molecule has 1 atom stereocenters. The average molecular weight is 723 g/mol. The molecule has 6 heteroatoms. The minimum atomic E-state index is -0.758. The lowest BCUT2D eigenvalue weighted by molar-refractivity contribution is -0.167. The van der Waals surface area contributed by atoms with Crippen molar-refractivity contribution in [2.24, 2.45) is 5.92 Å². The van der Waals surface area contributed by atoms with Crippen molar-refractivity contribution < 1.29 is 28.6 Å². The van der Waals surface area contributed by atoms with Gasteiger partial charge in [-0.05, 0) is 25.2 Å². The molecule has 51 heavy (non-hydrogen) atoms. The minimum absolute atomic E-state index is 0.0641. The van der Waals surface area contributed by atoms with E-state index in [-0.39, 0.29) is 31.1 Å². The summed E-state index contributed by atoms with van der Waals surface area (Å²) in [6, 6.07) is 0. The fourth-order valence-electron chi connectivity index (χ4n) is 6.63. The van der Waals surface area contributed by atoms with E-state index < -0.39 is 6.10 Å². The highest BCUT2D eigenvalue weighted by Crippen LogP contribution is 2.16. The first-order valence-electron chi connectivity index (χ1n) is 22.4. The van der Waals surface area contributed by atoms with Crippen LogP contribution in [0, 0.1) is 5.92 Å². The maximum absolute atomic E-state index is 12.6. The normalized spacial score (nSPS) is 11.9. The highest BCUT2D eigenvalue weighted by molar-refractivity contribution is 5.71. The Hall–Kier alpha value is -1.59. The highest BCUT2D eigenvalue weighted by atomic mass is 16.6. The van der Waals surface area contributed by atoms with Crippen molar-refractivity contribution in [2.75, 3.05) is 13.2 Å². The van der Waals surface area contributed by atoms with Crippen LogP contribution in [0.25, 0.3) is 0 Å². The van der Waals surface area contributed by atoms with Crippen LogP contribution in [0.15, 0.2) is 0 Å². The van der Waals surface area contributed by atoms with Gasteiger partial charge in [0.1, 0.15) is 13.2 Å². The van der Waals surface area contributed by atoms with E-state index in [1.54, 1.807) is 0 Å². The lowest BCUT2D eigenvalue weighted by atomic mass is 10.0. The van der Waals surface area contributed by atoms with Crippen LogP contribution in [0.5, 0.6) is 0 Å². The lowest BCUT2D eigenvalue weighted by Gasteiger charge is -2.18. The number of esters is 3. The van der Waals surface area contributed by atoms with Gasteiger partial charge in [0.25, 0.3) is 0 Å². The summed E-state index contributed by atoms with van der Waals surface area (Å²) in [5.74, 6) is -0.0320. The summed E-state index contributed by atoms with van der Waals surface area (Å²) in [5.41, 5.74) is 0. The Morgan fingerprint density at radius 2 is 0.647 bits per heavy atom. The van der Waals surface area contributed by atoms with Gasteiger partial charge in [0.2, 0.25) is 0 Å². The molecule has 6 nitrogen and oxygen atoms in total. The summed E-state index contributed by atoms with van der Waals surface area (Å²) in [6.45, 7) is 8.96. The van der Waals surface area contributed by atoms with Crippen LogP contribution in [0.2, 0.25) is 0 Å². The van der Waals surface area contributed by atoms with Crippen LogP contribution in [0.3, 0.4) is 0 Å². The molecule has 0 fully saturated rings. The fourth-order valence-corrected chi connectivity index (χ4v) is 6.63. The van der Waals surface area contributed by atoms with E-state index in [1.165, 1.54) is 141 Å². The molecule has 0 N–H and O–H groups in total. The van der Waals surface area contributed by atoms with Gasteiger partial charge >= 0.3 is 17.9 Å². The molecule has 0 aromatic carbocycles. The van der Waals surface area contributed by atoms with E-state index in [4.69, 9.17) is 14.2 Å². The minimum Gasteiger partial charge on any atom is -0.462 e. The Morgan fingerprint density at radius 3 is 0.961 bits per heavy atom. The molecule has 0 aliphatic rings. The van der Waals surface area contributed by atoms with Gasteiger partial charge in [-0.3, -0.25) is 14.4 Å². The van der Waals surface area contributed by atoms with E-state index >= 15 is 0 Å². The number of hydrogen-bond donors (Lipinski definition) is 0. The highest BCUT2D eigenvalue weighted by Gasteiger charge is 2.19. The van der Waals surface area contributed by atoms with Crippen molar-refractivity contribution >= 4 is 17.9 Å². The third kappa shape index (κ3) is 39.5. The van der Waals surface area contributed by atoms with Crippen LogP contribution >= 0.6 is 0 Å². The third-order valence-electron chi connectivity index (χ3n) is 10.0. The Kier molecular flexibility index (Phi) is 38.4. The quantitative estimate of drug-likeness (QED) is 0.0356. The van der Waals surface area contributed by atoms with Gasteiger partial charge in [-0.25, -0.2) is 0 Å². The molecular weight excluding hydrogens is 636 g/mol. The maximum Gasteiger partial charge on any atom is 0.306 e. The van der Waals surface area contributed by atoms with E-state index in [0.29, 0.717) is 19.3 Å². The predicted molar refractivity (Wildman–Crippen MR) is 215 cm³/mol. The predicted octanol–water partition coefficient (Wildman–Crippen LogP) is 13.9. The molecule has 0 aliphatic heterocycles. The maximum atomic E-state index is 12.6. The molecule has 0 rings (SSSR count). The summed E-state index contributed by atoms with van der Waals surface area (Å²) >= 11 is 0. The molecule has 0 amide bonds. The number of carbonyl (C=O) groups excluding carboxylic acids is 3. The first-order valence-corrected chi connectivity index (χ1v) is 22.4.